The van der Waals surface area contributed by atoms with Gasteiger partial charge >= 0.3 is 6.03 Å². The Hall–Kier alpha value is -1.75. The minimum absolute atomic E-state index is 0.112. The smallest absolute Gasteiger partial charge is 0.317 e. The summed E-state index contributed by atoms with van der Waals surface area (Å²) in [6.45, 7) is 6.21. The molecule has 1 rings (SSSR count). The number of carbonyl (C=O) groups is 1. The van der Waals surface area contributed by atoms with Crippen LogP contribution in [-0.4, -0.2) is 48.4 Å². The molecule has 0 heterocycles. The number of para-hydroxylation sites is 1. The molecule has 2 amide bonds. The van der Waals surface area contributed by atoms with Crippen LogP contribution in [0.4, 0.5) is 4.79 Å². The molecule has 0 aromatic heterocycles. The lowest BCUT2D eigenvalue weighted by atomic mass is 10.2. The standard InChI is InChI=1S/C15H24N2O3/c1-11-7-5-6-8-14(11)20-10-12(2)16-15(19)17(4)9-13(3)18/h5-8,12-13,18H,9-10H2,1-4H3,(H,16,19)/t12-,13-/m1/s1. The third-order valence-electron chi connectivity index (χ3n) is 2.84. The molecular weight excluding hydrogens is 256 g/mol. The quantitative estimate of drug-likeness (QED) is 0.835. The zero-order valence-corrected chi connectivity index (χ0v) is 12.6. The number of aliphatic hydroxyl groups excluding tert-OH is 1. The number of hydrogen-bond acceptors (Lipinski definition) is 3. The molecule has 5 nitrogen and oxygen atoms in total. The number of aryl methyl sites for hydroxylation is 1. The summed E-state index contributed by atoms with van der Waals surface area (Å²) < 4.78 is 5.68. The first-order valence-corrected chi connectivity index (χ1v) is 6.78. The largest absolute Gasteiger partial charge is 0.491 e. The third-order valence-corrected chi connectivity index (χ3v) is 2.84. The normalized spacial score (nSPS) is 13.4. The summed E-state index contributed by atoms with van der Waals surface area (Å²) in [5.74, 6) is 0.825. The van der Waals surface area contributed by atoms with Crippen LogP contribution in [0.1, 0.15) is 19.4 Å². The molecule has 5 heteroatoms. The summed E-state index contributed by atoms with van der Waals surface area (Å²) in [5.41, 5.74) is 1.07. The minimum atomic E-state index is -0.538. The van der Waals surface area contributed by atoms with Crippen LogP contribution >= 0.6 is 0 Å². The van der Waals surface area contributed by atoms with E-state index < -0.39 is 6.10 Å². The molecule has 0 spiro atoms. The molecule has 0 unspecified atom stereocenters. The van der Waals surface area contributed by atoms with E-state index in [1.54, 1.807) is 14.0 Å². The predicted octanol–water partition coefficient (Wildman–Crippen LogP) is 1.78. The van der Waals surface area contributed by atoms with Crippen LogP contribution < -0.4 is 10.1 Å². The number of carbonyl (C=O) groups excluding carboxylic acids is 1. The minimum Gasteiger partial charge on any atom is -0.491 e. The number of amides is 2. The lowest BCUT2D eigenvalue weighted by molar-refractivity contribution is 0.141. The van der Waals surface area contributed by atoms with Gasteiger partial charge in [0.15, 0.2) is 0 Å². The van der Waals surface area contributed by atoms with Crippen molar-refractivity contribution >= 4 is 6.03 Å². The van der Waals surface area contributed by atoms with Gasteiger partial charge in [0.2, 0.25) is 0 Å². The van der Waals surface area contributed by atoms with E-state index in [1.165, 1.54) is 4.90 Å². The molecule has 0 fully saturated rings. The summed E-state index contributed by atoms with van der Waals surface area (Å²) in [5, 5.41) is 12.1. The molecule has 20 heavy (non-hydrogen) atoms. The maximum absolute atomic E-state index is 11.8. The van der Waals surface area contributed by atoms with E-state index in [2.05, 4.69) is 5.32 Å². The van der Waals surface area contributed by atoms with E-state index in [9.17, 15) is 9.90 Å². The second-order valence-electron chi connectivity index (χ2n) is 5.16. The first-order valence-electron chi connectivity index (χ1n) is 6.78. The number of aliphatic hydroxyl groups is 1. The molecule has 0 aliphatic heterocycles. The Kier molecular flexibility index (Phi) is 6.31. The fourth-order valence-electron chi connectivity index (χ4n) is 1.78. The van der Waals surface area contributed by atoms with Gasteiger partial charge in [-0.15, -0.1) is 0 Å². The van der Waals surface area contributed by atoms with Gasteiger partial charge in [-0.3, -0.25) is 0 Å². The number of hydrogen-bond donors (Lipinski definition) is 2. The van der Waals surface area contributed by atoms with Gasteiger partial charge in [0.1, 0.15) is 12.4 Å². The van der Waals surface area contributed by atoms with Crippen molar-refractivity contribution in [3.05, 3.63) is 29.8 Å². The van der Waals surface area contributed by atoms with E-state index in [-0.39, 0.29) is 12.1 Å². The molecule has 2 atom stereocenters. The Morgan fingerprint density at radius 1 is 1.40 bits per heavy atom. The lowest BCUT2D eigenvalue weighted by Gasteiger charge is -2.22. The van der Waals surface area contributed by atoms with E-state index >= 15 is 0 Å². The van der Waals surface area contributed by atoms with Crippen LogP contribution in [-0.2, 0) is 0 Å². The predicted molar refractivity (Wildman–Crippen MR) is 79.0 cm³/mol. The van der Waals surface area contributed by atoms with Gasteiger partial charge in [-0.05, 0) is 32.4 Å². The number of urea groups is 1. The average Bonchev–Trinajstić information content (AvgIpc) is 2.37. The second kappa shape index (κ2) is 7.75. The topological polar surface area (TPSA) is 61.8 Å². The van der Waals surface area contributed by atoms with Crippen LogP contribution in [0.2, 0.25) is 0 Å². The molecule has 0 radical (unpaired) electrons. The number of nitrogens with one attached hydrogen (secondary N) is 1. The summed E-state index contributed by atoms with van der Waals surface area (Å²) in [7, 11) is 1.65. The van der Waals surface area contributed by atoms with Crippen molar-refractivity contribution in [2.24, 2.45) is 0 Å². The van der Waals surface area contributed by atoms with Crippen molar-refractivity contribution < 1.29 is 14.6 Å². The van der Waals surface area contributed by atoms with E-state index in [4.69, 9.17) is 4.74 Å². The van der Waals surface area contributed by atoms with Crippen molar-refractivity contribution in [2.75, 3.05) is 20.2 Å². The second-order valence-corrected chi connectivity index (χ2v) is 5.16. The molecule has 0 aliphatic rings. The number of nitrogens with zero attached hydrogens (tertiary/aromatic N) is 1. The van der Waals surface area contributed by atoms with Crippen LogP contribution in [0.5, 0.6) is 5.75 Å². The Bertz CT molecular complexity index is 435. The number of likely N-dealkylation sites (N-methyl/N-ethyl adjacent to an activating group) is 1. The maximum Gasteiger partial charge on any atom is 0.317 e. The summed E-state index contributed by atoms with van der Waals surface area (Å²) in [6.07, 6.45) is -0.538. The molecule has 0 bridgehead atoms. The molecule has 1 aromatic carbocycles. The van der Waals surface area contributed by atoms with E-state index in [1.807, 2.05) is 38.1 Å². The van der Waals surface area contributed by atoms with Crippen molar-refractivity contribution in [1.82, 2.24) is 10.2 Å². The van der Waals surface area contributed by atoms with Crippen LogP contribution in [0.15, 0.2) is 24.3 Å². The fraction of sp³-hybridized carbons (Fsp3) is 0.533. The summed E-state index contributed by atoms with van der Waals surface area (Å²) in [4.78, 5) is 13.3. The monoisotopic (exact) mass is 280 g/mol. The van der Waals surface area contributed by atoms with Gasteiger partial charge in [0, 0.05) is 13.6 Å². The van der Waals surface area contributed by atoms with Gasteiger partial charge in [-0.2, -0.15) is 0 Å². The SMILES string of the molecule is Cc1ccccc1OC[C@@H](C)NC(=O)N(C)C[C@@H](C)O. The van der Waals surface area contributed by atoms with Crippen LogP contribution in [0.3, 0.4) is 0 Å². The van der Waals surface area contributed by atoms with Gasteiger partial charge in [-0.1, -0.05) is 18.2 Å². The third kappa shape index (κ3) is 5.48. The molecule has 112 valence electrons. The van der Waals surface area contributed by atoms with Gasteiger partial charge in [0.25, 0.3) is 0 Å². The first kappa shape index (κ1) is 16.3. The van der Waals surface area contributed by atoms with E-state index in [0.717, 1.165) is 11.3 Å². The molecule has 0 aliphatic carbocycles. The summed E-state index contributed by atoms with van der Waals surface area (Å²) in [6, 6.07) is 7.43. The Morgan fingerprint density at radius 3 is 2.65 bits per heavy atom. The zero-order valence-electron chi connectivity index (χ0n) is 12.6. The highest BCUT2D eigenvalue weighted by atomic mass is 16.5. The van der Waals surface area contributed by atoms with Crippen molar-refractivity contribution in [3.63, 3.8) is 0 Å². The van der Waals surface area contributed by atoms with Gasteiger partial charge in [0.05, 0.1) is 12.1 Å². The Morgan fingerprint density at radius 2 is 2.05 bits per heavy atom. The molecule has 0 saturated heterocycles. The lowest BCUT2D eigenvalue weighted by Crippen LogP contribution is -2.46. The highest BCUT2D eigenvalue weighted by Crippen LogP contribution is 2.16. The maximum atomic E-state index is 11.8. The van der Waals surface area contributed by atoms with Gasteiger partial charge < -0.3 is 20.1 Å². The molecule has 1 aromatic rings. The Labute approximate surface area is 120 Å². The fourth-order valence-corrected chi connectivity index (χ4v) is 1.78. The average molecular weight is 280 g/mol. The molecule has 2 N–H and O–H groups in total. The van der Waals surface area contributed by atoms with Crippen molar-refractivity contribution in [1.29, 1.82) is 0 Å². The number of ether oxygens (including phenoxy) is 1. The van der Waals surface area contributed by atoms with Crippen LogP contribution in [0, 0.1) is 6.92 Å². The van der Waals surface area contributed by atoms with E-state index in [0.29, 0.717) is 13.2 Å². The van der Waals surface area contributed by atoms with Crippen LogP contribution in [0.25, 0.3) is 0 Å². The Balaban J connectivity index is 2.38. The number of benzene rings is 1. The highest BCUT2D eigenvalue weighted by molar-refractivity contribution is 5.74. The van der Waals surface area contributed by atoms with Gasteiger partial charge in [-0.25, -0.2) is 4.79 Å². The van der Waals surface area contributed by atoms with Crippen molar-refractivity contribution in [3.8, 4) is 5.75 Å². The van der Waals surface area contributed by atoms with Crippen molar-refractivity contribution in [2.45, 2.75) is 32.9 Å². The highest BCUT2D eigenvalue weighted by Gasteiger charge is 2.14. The molecule has 0 saturated carbocycles. The molecular formula is C15H24N2O3. The number of rotatable bonds is 6. The first-order chi connectivity index (χ1) is 9.40. The zero-order chi connectivity index (χ0) is 15.1. The summed E-state index contributed by atoms with van der Waals surface area (Å²) >= 11 is 0.